The fourth-order valence-corrected chi connectivity index (χ4v) is 1.86. The van der Waals surface area contributed by atoms with Crippen LogP contribution in [0.15, 0.2) is 4.99 Å². The molecule has 114 valence electrons. The van der Waals surface area contributed by atoms with Crippen LogP contribution in [0.25, 0.3) is 0 Å². The quantitative estimate of drug-likeness (QED) is 0.345. The molecule has 0 rings (SSSR count). The van der Waals surface area contributed by atoms with Gasteiger partial charge in [-0.15, -0.1) is 0 Å². The van der Waals surface area contributed by atoms with E-state index in [0.29, 0.717) is 12.0 Å². The monoisotopic (exact) mass is 271 g/mol. The number of unbranched alkanes of at least 4 members (excludes halogenated alkanes) is 1. The van der Waals surface area contributed by atoms with E-state index < -0.39 is 0 Å². The number of hydrogen-bond donors (Lipinski definition) is 2. The van der Waals surface area contributed by atoms with E-state index in [4.69, 9.17) is 10.5 Å². The van der Waals surface area contributed by atoms with E-state index in [2.05, 4.69) is 31.1 Å². The van der Waals surface area contributed by atoms with Gasteiger partial charge in [0.05, 0.1) is 0 Å². The van der Waals surface area contributed by atoms with E-state index in [1.165, 1.54) is 12.8 Å². The minimum atomic E-state index is 0.408. The molecule has 0 amide bonds. The molecule has 0 bridgehead atoms. The number of nitrogens with two attached hydrogens (primary N) is 1. The van der Waals surface area contributed by atoms with Crippen molar-refractivity contribution in [1.29, 1.82) is 0 Å². The Morgan fingerprint density at radius 1 is 1.16 bits per heavy atom. The molecule has 0 aliphatic rings. The summed E-state index contributed by atoms with van der Waals surface area (Å²) >= 11 is 0. The fourth-order valence-electron chi connectivity index (χ4n) is 1.86. The highest BCUT2D eigenvalue weighted by Gasteiger charge is 2.03. The van der Waals surface area contributed by atoms with Gasteiger partial charge in [-0.1, -0.05) is 26.7 Å². The largest absolute Gasteiger partial charge is 0.382 e. The van der Waals surface area contributed by atoms with Gasteiger partial charge >= 0.3 is 0 Å². The zero-order valence-corrected chi connectivity index (χ0v) is 13.2. The molecule has 4 heteroatoms. The molecule has 0 saturated heterocycles. The predicted octanol–water partition coefficient (Wildman–Crippen LogP) is 2.92. The van der Waals surface area contributed by atoms with Gasteiger partial charge in [-0.3, -0.25) is 4.99 Å². The lowest BCUT2D eigenvalue weighted by Gasteiger charge is -2.15. The van der Waals surface area contributed by atoms with Crippen molar-refractivity contribution >= 4 is 5.96 Å². The lowest BCUT2D eigenvalue weighted by atomic mass is 10.0. The van der Waals surface area contributed by atoms with Crippen molar-refractivity contribution < 1.29 is 4.74 Å². The lowest BCUT2D eigenvalue weighted by Crippen LogP contribution is -2.38. The minimum Gasteiger partial charge on any atom is -0.382 e. The van der Waals surface area contributed by atoms with Gasteiger partial charge in [0, 0.05) is 25.8 Å². The maximum Gasteiger partial charge on any atom is 0.188 e. The third kappa shape index (κ3) is 13.5. The van der Waals surface area contributed by atoms with Crippen molar-refractivity contribution in [3.05, 3.63) is 0 Å². The van der Waals surface area contributed by atoms with Crippen LogP contribution in [0.2, 0.25) is 0 Å². The number of aliphatic imine (C=N–C) groups is 1. The van der Waals surface area contributed by atoms with Crippen LogP contribution in [0.1, 0.15) is 59.8 Å². The fraction of sp³-hybridized carbons (Fsp3) is 0.933. The first-order valence-corrected chi connectivity index (χ1v) is 7.70. The van der Waals surface area contributed by atoms with E-state index in [-0.39, 0.29) is 0 Å². The van der Waals surface area contributed by atoms with Crippen LogP contribution in [0, 0.1) is 5.92 Å². The van der Waals surface area contributed by atoms with E-state index in [0.717, 1.165) is 44.9 Å². The van der Waals surface area contributed by atoms with Gasteiger partial charge in [0.1, 0.15) is 0 Å². The summed E-state index contributed by atoms with van der Waals surface area (Å²) < 4.78 is 5.27. The summed E-state index contributed by atoms with van der Waals surface area (Å²) in [5, 5.41) is 3.25. The molecule has 0 radical (unpaired) electrons. The van der Waals surface area contributed by atoms with E-state index in [1.54, 1.807) is 0 Å². The van der Waals surface area contributed by atoms with E-state index in [9.17, 15) is 0 Å². The standard InChI is InChI=1S/C15H33N3O/c1-5-19-12-7-6-11-17-15(16)18-14(4)10-8-9-13(2)3/h13-14H,5-12H2,1-4H3,(H3,16,17,18). The van der Waals surface area contributed by atoms with Crippen molar-refractivity contribution in [2.45, 2.75) is 65.8 Å². The Kier molecular flexibility index (Phi) is 11.8. The molecule has 0 fully saturated rings. The van der Waals surface area contributed by atoms with Crippen LogP contribution in [0.5, 0.6) is 0 Å². The predicted molar refractivity (Wildman–Crippen MR) is 83.5 cm³/mol. The third-order valence-electron chi connectivity index (χ3n) is 3.00. The first-order valence-electron chi connectivity index (χ1n) is 7.70. The summed E-state index contributed by atoms with van der Waals surface area (Å²) in [4.78, 5) is 4.33. The van der Waals surface area contributed by atoms with Crippen molar-refractivity contribution in [2.24, 2.45) is 16.6 Å². The topological polar surface area (TPSA) is 59.6 Å². The second kappa shape index (κ2) is 12.3. The van der Waals surface area contributed by atoms with Crippen LogP contribution < -0.4 is 11.1 Å². The molecule has 0 aliphatic carbocycles. The first kappa shape index (κ1) is 18.2. The van der Waals surface area contributed by atoms with Crippen molar-refractivity contribution in [1.82, 2.24) is 5.32 Å². The Morgan fingerprint density at radius 3 is 2.53 bits per heavy atom. The van der Waals surface area contributed by atoms with Crippen LogP contribution in [0.4, 0.5) is 0 Å². The molecule has 3 N–H and O–H groups in total. The molecule has 0 heterocycles. The molecular formula is C15H33N3O. The Bertz CT molecular complexity index is 229. The number of ether oxygens (including phenoxy) is 1. The molecule has 0 saturated carbocycles. The summed E-state index contributed by atoms with van der Waals surface area (Å²) in [6, 6.07) is 0.408. The molecule has 19 heavy (non-hydrogen) atoms. The number of hydrogen-bond acceptors (Lipinski definition) is 2. The molecule has 0 aromatic rings. The average molecular weight is 271 g/mol. The van der Waals surface area contributed by atoms with Crippen LogP contribution in [-0.2, 0) is 4.74 Å². The smallest absolute Gasteiger partial charge is 0.188 e. The van der Waals surface area contributed by atoms with Crippen molar-refractivity contribution in [3.63, 3.8) is 0 Å². The zero-order chi connectivity index (χ0) is 14.5. The number of rotatable bonds is 11. The normalized spacial score (nSPS) is 13.8. The minimum absolute atomic E-state index is 0.408. The summed E-state index contributed by atoms with van der Waals surface area (Å²) in [6.45, 7) is 11.1. The van der Waals surface area contributed by atoms with Crippen LogP contribution >= 0.6 is 0 Å². The Hall–Kier alpha value is -0.770. The summed E-state index contributed by atoms with van der Waals surface area (Å²) in [7, 11) is 0. The van der Waals surface area contributed by atoms with Crippen LogP contribution in [0.3, 0.4) is 0 Å². The molecular weight excluding hydrogens is 238 g/mol. The number of guanidine groups is 1. The molecule has 1 unspecified atom stereocenters. The van der Waals surface area contributed by atoms with Gasteiger partial charge in [-0.25, -0.2) is 0 Å². The summed E-state index contributed by atoms with van der Waals surface area (Å²) in [6.07, 6.45) is 5.76. The van der Waals surface area contributed by atoms with Gasteiger partial charge in [0.25, 0.3) is 0 Å². The Labute approximate surface area is 119 Å². The molecule has 4 nitrogen and oxygen atoms in total. The Morgan fingerprint density at radius 2 is 1.89 bits per heavy atom. The molecule has 0 aromatic heterocycles. The molecule has 0 aliphatic heterocycles. The maximum atomic E-state index is 5.85. The van der Waals surface area contributed by atoms with Crippen LogP contribution in [-0.4, -0.2) is 31.8 Å². The molecule has 1 atom stereocenters. The second-order valence-electron chi connectivity index (χ2n) is 5.54. The highest BCUT2D eigenvalue weighted by atomic mass is 16.5. The number of nitrogens with one attached hydrogen (secondary N) is 1. The van der Waals surface area contributed by atoms with Gasteiger partial charge in [0.15, 0.2) is 5.96 Å². The van der Waals surface area contributed by atoms with E-state index in [1.807, 2.05) is 6.92 Å². The maximum absolute atomic E-state index is 5.85. The van der Waals surface area contributed by atoms with E-state index >= 15 is 0 Å². The Balaban J connectivity index is 3.56. The number of nitrogens with zero attached hydrogens (tertiary/aromatic N) is 1. The van der Waals surface area contributed by atoms with Crippen molar-refractivity contribution in [2.75, 3.05) is 19.8 Å². The average Bonchev–Trinajstić information content (AvgIpc) is 2.33. The second-order valence-corrected chi connectivity index (χ2v) is 5.54. The molecule has 0 spiro atoms. The highest BCUT2D eigenvalue weighted by Crippen LogP contribution is 2.07. The lowest BCUT2D eigenvalue weighted by molar-refractivity contribution is 0.144. The van der Waals surface area contributed by atoms with Gasteiger partial charge in [0.2, 0.25) is 0 Å². The molecule has 0 aromatic carbocycles. The third-order valence-corrected chi connectivity index (χ3v) is 3.00. The van der Waals surface area contributed by atoms with Crippen molar-refractivity contribution in [3.8, 4) is 0 Å². The highest BCUT2D eigenvalue weighted by molar-refractivity contribution is 5.78. The summed E-state index contributed by atoms with van der Waals surface area (Å²) in [5.74, 6) is 1.36. The van der Waals surface area contributed by atoms with Gasteiger partial charge < -0.3 is 15.8 Å². The zero-order valence-electron chi connectivity index (χ0n) is 13.2. The SMILES string of the molecule is CCOCCCCN=C(N)NC(C)CCCC(C)C. The van der Waals surface area contributed by atoms with Gasteiger partial charge in [-0.2, -0.15) is 0 Å². The summed E-state index contributed by atoms with van der Waals surface area (Å²) in [5.41, 5.74) is 5.85. The first-order chi connectivity index (χ1) is 9.06. The van der Waals surface area contributed by atoms with Gasteiger partial charge in [-0.05, 0) is 39.0 Å².